The number of unbranched alkanes of at least 4 members (excludes halogenated alkanes) is 5. The SMILES string of the molecule is CC(C)(C)OC(=O)NCCCCCCCC(=O)N(CCCN)CCCCN. The van der Waals surface area contributed by atoms with Crippen LogP contribution in [0, 0.1) is 0 Å². The van der Waals surface area contributed by atoms with E-state index in [9.17, 15) is 9.59 Å². The van der Waals surface area contributed by atoms with Crippen molar-refractivity contribution in [3.05, 3.63) is 0 Å². The third-order valence-corrected chi connectivity index (χ3v) is 4.10. The van der Waals surface area contributed by atoms with Crippen LogP contribution < -0.4 is 16.8 Å². The van der Waals surface area contributed by atoms with Crippen molar-refractivity contribution in [2.24, 2.45) is 11.5 Å². The predicted octanol–water partition coefficient (Wildman–Crippen LogP) is 2.77. The van der Waals surface area contributed by atoms with Gasteiger partial charge in [-0.25, -0.2) is 4.79 Å². The minimum Gasteiger partial charge on any atom is -0.444 e. The molecule has 27 heavy (non-hydrogen) atoms. The van der Waals surface area contributed by atoms with Crippen molar-refractivity contribution in [3.63, 3.8) is 0 Å². The highest BCUT2D eigenvalue weighted by molar-refractivity contribution is 5.76. The number of alkyl carbamates (subject to hydrolysis) is 1. The number of ether oxygens (including phenoxy) is 1. The van der Waals surface area contributed by atoms with E-state index in [-0.39, 0.29) is 12.0 Å². The van der Waals surface area contributed by atoms with Gasteiger partial charge in [0.25, 0.3) is 0 Å². The molecule has 7 nitrogen and oxygen atoms in total. The molecule has 0 radical (unpaired) electrons. The first-order chi connectivity index (χ1) is 12.8. The topological polar surface area (TPSA) is 111 Å². The van der Waals surface area contributed by atoms with E-state index < -0.39 is 5.60 Å². The van der Waals surface area contributed by atoms with E-state index in [2.05, 4.69) is 5.32 Å². The molecule has 0 spiro atoms. The van der Waals surface area contributed by atoms with Gasteiger partial charge in [-0.2, -0.15) is 0 Å². The summed E-state index contributed by atoms with van der Waals surface area (Å²) in [5.74, 6) is 0.229. The first kappa shape index (κ1) is 25.7. The lowest BCUT2D eigenvalue weighted by Crippen LogP contribution is -2.34. The van der Waals surface area contributed by atoms with Gasteiger partial charge in [0.1, 0.15) is 5.60 Å². The van der Waals surface area contributed by atoms with Crippen molar-refractivity contribution < 1.29 is 14.3 Å². The Balaban J connectivity index is 3.76. The number of nitrogens with one attached hydrogen (secondary N) is 1. The quantitative estimate of drug-likeness (QED) is 0.375. The van der Waals surface area contributed by atoms with Crippen LogP contribution in [0.1, 0.15) is 78.6 Å². The third-order valence-electron chi connectivity index (χ3n) is 4.10. The lowest BCUT2D eigenvalue weighted by Gasteiger charge is -2.22. The van der Waals surface area contributed by atoms with Crippen molar-refractivity contribution in [2.45, 2.75) is 84.2 Å². The molecule has 0 aromatic heterocycles. The standard InChI is InChI=1S/C20H42N4O3/c1-20(2,3)27-19(26)23-15-9-6-4-5-7-12-18(25)24(17-11-14-22)16-10-8-13-21/h4-17,21-22H2,1-3H3,(H,23,26). The molecule has 160 valence electrons. The van der Waals surface area contributed by atoms with E-state index in [1.807, 2.05) is 25.7 Å². The third kappa shape index (κ3) is 16.6. The van der Waals surface area contributed by atoms with Crippen molar-refractivity contribution in [3.8, 4) is 0 Å². The van der Waals surface area contributed by atoms with Gasteiger partial charge in [0.05, 0.1) is 0 Å². The van der Waals surface area contributed by atoms with Crippen molar-refractivity contribution in [2.75, 3.05) is 32.7 Å². The van der Waals surface area contributed by atoms with E-state index in [0.29, 0.717) is 26.1 Å². The molecule has 0 heterocycles. The average molecular weight is 387 g/mol. The fourth-order valence-corrected chi connectivity index (χ4v) is 2.68. The Hall–Kier alpha value is -1.34. The lowest BCUT2D eigenvalue weighted by molar-refractivity contribution is -0.131. The molecule has 0 rings (SSSR count). The largest absolute Gasteiger partial charge is 0.444 e. The lowest BCUT2D eigenvalue weighted by atomic mass is 10.1. The molecule has 0 aliphatic carbocycles. The maximum absolute atomic E-state index is 12.4. The number of nitrogens with two attached hydrogens (primary N) is 2. The monoisotopic (exact) mass is 386 g/mol. The van der Waals surface area contributed by atoms with Crippen molar-refractivity contribution >= 4 is 12.0 Å². The summed E-state index contributed by atoms with van der Waals surface area (Å²) in [6.07, 6.45) is 7.97. The van der Waals surface area contributed by atoms with Crippen LogP contribution in [0.4, 0.5) is 4.79 Å². The van der Waals surface area contributed by atoms with Crippen molar-refractivity contribution in [1.29, 1.82) is 0 Å². The fraction of sp³-hybridized carbons (Fsp3) is 0.900. The number of nitrogens with zero attached hydrogens (tertiary/aromatic N) is 1. The Labute approximate surface area is 165 Å². The van der Waals surface area contributed by atoms with Crippen LogP contribution in [-0.4, -0.2) is 55.2 Å². The Bertz CT molecular complexity index is 397. The van der Waals surface area contributed by atoms with Gasteiger partial charge in [-0.1, -0.05) is 19.3 Å². The zero-order valence-electron chi connectivity index (χ0n) is 17.7. The number of rotatable bonds is 15. The second kappa shape index (κ2) is 15.7. The molecule has 0 unspecified atom stereocenters. The number of hydrogen-bond donors (Lipinski definition) is 3. The van der Waals surface area contributed by atoms with E-state index in [1.54, 1.807) is 0 Å². The first-order valence-corrected chi connectivity index (χ1v) is 10.4. The van der Waals surface area contributed by atoms with Gasteiger partial charge >= 0.3 is 6.09 Å². The molecule has 0 atom stereocenters. The molecule has 5 N–H and O–H groups in total. The zero-order chi connectivity index (χ0) is 20.5. The molecule has 0 aromatic rings. The summed E-state index contributed by atoms with van der Waals surface area (Å²) in [6.45, 7) is 8.99. The first-order valence-electron chi connectivity index (χ1n) is 10.4. The molecule has 0 aliphatic heterocycles. The second-order valence-electron chi connectivity index (χ2n) is 7.97. The van der Waals surface area contributed by atoms with Crippen LogP contribution in [0.15, 0.2) is 0 Å². The maximum atomic E-state index is 12.4. The van der Waals surface area contributed by atoms with Crippen LogP contribution in [0.3, 0.4) is 0 Å². The molecule has 0 saturated carbocycles. The molecular formula is C20H42N4O3. The number of carbonyl (C=O) groups is 2. The molecule has 0 bridgehead atoms. The second-order valence-corrected chi connectivity index (χ2v) is 7.97. The molecular weight excluding hydrogens is 344 g/mol. The van der Waals surface area contributed by atoms with Gasteiger partial charge in [0.15, 0.2) is 0 Å². The van der Waals surface area contributed by atoms with Gasteiger partial charge < -0.3 is 26.4 Å². The zero-order valence-corrected chi connectivity index (χ0v) is 17.7. The summed E-state index contributed by atoms with van der Waals surface area (Å²) in [4.78, 5) is 25.8. The van der Waals surface area contributed by atoms with Gasteiger partial charge in [0.2, 0.25) is 5.91 Å². The number of carbonyl (C=O) groups excluding carboxylic acids is 2. The summed E-state index contributed by atoms with van der Waals surface area (Å²) in [7, 11) is 0. The van der Waals surface area contributed by atoms with Gasteiger partial charge in [-0.05, 0) is 66.0 Å². The highest BCUT2D eigenvalue weighted by atomic mass is 16.6. The highest BCUT2D eigenvalue weighted by Gasteiger charge is 2.15. The summed E-state index contributed by atoms with van der Waals surface area (Å²) in [6, 6.07) is 0. The van der Waals surface area contributed by atoms with Gasteiger partial charge in [0, 0.05) is 26.1 Å². The minimum absolute atomic E-state index is 0.229. The van der Waals surface area contributed by atoms with Crippen LogP contribution in [0.2, 0.25) is 0 Å². The normalized spacial score (nSPS) is 11.3. The number of amides is 2. The smallest absolute Gasteiger partial charge is 0.407 e. The van der Waals surface area contributed by atoms with Gasteiger partial charge in [-0.15, -0.1) is 0 Å². The molecule has 0 saturated heterocycles. The fourth-order valence-electron chi connectivity index (χ4n) is 2.68. The van der Waals surface area contributed by atoms with Crippen LogP contribution in [0.5, 0.6) is 0 Å². The molecule has 2 amide bonds. The Morgan fingerprint density at radius 2 is 1.44 bits per heavy atom. The summed E-state index contributed by atoms with van der Waals surface area (Å²) in [5.41, 5.74) is 10.6. The van der Waals surface area contributed by atoms with E-state index in [1.165, 1.54) is 0 Å². The molecule has 0 aliphatic rings. The Kier molecular flexibility index (Phi) is 14.9. The summed E-state index contributed by atoms with van der Waals surface area (Å²) in [5, 5.41) is 2.77. The van der Waals surface area contributed by atoms with E-state index >= 15 is 0 Å². The minimum atomic E-state index is -0.459. The maximum Gasteiger partial charge on any atom is 0.407 e. The molecule has 0 fully saturated rings. The van der Waals surface area contributed by atoms with Crippen LogP contribution in [-0.2, 0) is 9.53 Å². The Morgan fingerprint density at radius 3 is 2.07 bits per heavy atom. The summed E-state index contributed by atoms with van der Waals surface area (Å²) < 4.78 is 5.19. The summed E-state index contributed by atoms with van der Waals surface area (Å²) >= 11 is 0. The average Bonchev–Trinajstić information content (AvgIpc) is 2.58. The van der Waals surface area contributed by atoms with E-state index in [0.717, 1.165) is 64.5 Å². The predicted molar refractivity (Wildman–Crippen MR) is 110 cm³/mol. The van der Waals surface area contributed by atoms with Gasteiger partial charge in [-0.3, -0.25) is 4.79 Å². The Morgan fingerprint density at radius 1 is 0.852 bits per heavy atom. The van der Waals surface area contributed by atoms with Crippen LogP contribution >= 0.6 is 0 Å². The van der Waals surface area contributed by atoms with Crippen LogP contribution in [0.25, 0.3) is 0 Å². The van der Waals surface area contributed by atoms with E-state index in [4.69, 9.17) is 16.2 Å². The van der Waals surface area contributed by atoms with Crippen molar-refractivity contribution in [1.82, 2.24) is 10.2 Å². The highest BCUT2D eigenvalue weighted by Crippen LogP contribution is 2.09. The number of hydrogen-bond acceptors (Lipinski definition) is 5. The molecule has 7 heteroatoms. The molecule has 0 aromatic carbocycles.